The van der Waals surface area contributed by atoms with Crippen molar-refractivity contribution in [3.8, 4) is 0 Å². The highest BCUT2D eigenvalue weighted by molar-refractivity contribution is 6.31. The zero-order valence-electron chi connectivity index (χ0n) is 62.1. The van der Waals surface area contributed by atoms with Crippen LogP contribution in [0.15, 0.2) is 18.2 Å². The molecule has 102 heavy (non-hydrogen) atoms. The molecule has 0 aromatic heterocycles. The van der Waals surface area contributed by atoms with E-state index in [4.69, 9.17) is 11.6 Å². The van der Waals surface area contributed by atoms with Crippen LogP contribution in [0.1, 0.15) is 200 Å². The Morgan fingerprint density at radius 2 is 1.24 bits per heavy atom. The standard InChI is InChI=1S/C74H114ClF3N12O12/c1-12-48(5)63-70(100)83(7)45-62(94)88(13-2)46-61(93)85(9)57(42-49-26-17-14-18-27-49)68(98)82(6)44-59(91)79-54(34-32-50-31-33-52(53(75)41-50)74(76,77)78)67(97)90-39-25-30-55(90)66(96)81-73(35-21-22-36-73)72(102)87(11)64(51-28-19-15-20-29-51)71(101)86(10)58(69(99)89-37-23-16-24-38-89)43-60(92)84(8)56(40-47(3)4)65(95)80-63/h31,33,41,47-49,51,54-58,63-64H,12-30,32,34-40,42-46H2,1-11H3,(H,79,91)(H,80,95)(H,81,96)/t48-,54-,55-,56-,57-,58-,63-,64-/m0/s1. The first kappa shape index (κ1) is 82.2. The molecule has 3 N–H and O–H groups in total. The van der Waals surface area contributed by atoms with E-state index in [1.165, 1.54) is 82.7 Å². The van der Waals surface area contributed by atoms with Crippen molar-refractivity contribution in [3.63, 3.8) is 0 Å². The smallest absolute Gasteiger partial charge is 0.343 e. The van der Waals surface area contributed by atoms with E-state index in [1.54, 1.807) is 18.7 Å². The van der Waals surface area contributed by atoms with Gasteiger partial charge in [0.25, 0.3) is 0 Å². The number of fused-ring (bicyclic) bond motifs is 1. The molecule has 12 amide bonds. The van der Waals surface area contributed by atoms with Crippen molar-refractivity contribution in [1.29, 1.82) is 0 Å². The molecule has 3 saturated heterocycles. The molecule has 1 spiro atoms. The second-order valence-electron chi connectivity index (χ2n) is 30.3. The number of hydrogen-bond donors (Lipinski definition) is 3. The van der Waals surface area contributed by atoms with Gasteiger partial charge < -0.3 is 60.0 Å². The summed E-state index contributed by atoms with van der Waals surface area (Å²) in [5.41, 5.74) is -2.33. The van der Waals surface area contributed by atoms with Gasteiger partial charge in [0.2, 0.25) is 70.9 Å². The first-order valence-electron chi connectivity index (χ1n) is 37.4. The van der Waals surface area contributed by atoms with E-state index in [2.05, 4.69) is 16.0 Å². The van der Waals surface area contributed by atoms with E-state index in [0.29, 0.717) is 70.0 Å². The molecule has 6 aliphatic rings. The SMILES string of the molecule is CC[C@H](C)[C@@H]1NC(=O)[C@H](CC(C)C)N(C)C(=O)C[C@@H](C(=O)N2CCCCC2)N(C)C(=O)[C@H](C2CCCCC2)N(C)C(=O)C2(CCCC2)NC(=O)[C@@H]2CCCN2C(=O)[C@H](CCc2ccc(C(F)(F)F)c(Cl)c2)NC(=O)CN(C)C(=O)[C@H](CC2CCCCC2)N(C)C(=O)CN(CC)C(=O)CN(C)C1=O. The molecule has 3 aliphatic heterocycles. The maximum Gasteiger partial charge on any atom is 0.417 e. The number of likely N-dealkylation sites (tertiary alicyclic amines) is 1. The van der Waals surface area contributed by atoms with E-state index in [1.807, 2.05) is 20.8 Å². The molecular formula is C74H114ClF3N12O12. The summed E-state index contributed by atoms with van der Waals surface area (Å²) in [7, 11) is 8.69. The van der Waals surface area contributed by atoms with Crippen molar-refractivity contribution < 1.29 is 70.7 Å². The first-order valence-corrected chi connectivity index (χ1v) is 37.8. The lowest BCUT2D eigenvalue weighted by atomic mass is 9.81. The van der Waals surface area contributed by atoms with Gasteiger partial charge in [0.15, 0.2) is 0 Å². The molecule has 0 unspecified atom stereocenters. The molecule has 1 aromatic carbocycles. The lowest BCUT2D eigenvalue weighted by molar-refractivity contribution is -0.157. The Hall–Kier alpha value is -7.06. The zero-order valence-corrected chi connectivity index (χ0v) is 62.9. The van der Waals surface area contributed by atoms with Gasteiger partial charge in [-0.05, 0) is 132 Å². The average molecular weight is 1460 g/mol. The molecule has 7 rings (SSSR count). The summed E-state index contributed by atoms with van der Waals surface area (Å²) in [6.45, 7) is 8.21. The number of piperidine rings is 1. The van der Waals surface area contributed by atoms with Crippen LogP contribution in [0.2, 0.25) is 5.02 Å². The van der Waals surface area contributed by atoms with Gasteiger partial charge in [-0.25, -0.2) is 0 Å². The predicted octanol–water partition coefficient (Wildman–Crippen LogP) is 6.81. The van der Waals surface area contributed by atoms with Gasteiger partial charge in [-0.1, -0.05) is 116 Å². The lowest BCUT2D eigenvalue weighted by Gasteiger charge is -2.43. The third-order valence-electron chi connectivity index (χ3n) is 22.6. The van der Waals surface area contributed by atoms with Crippen LogP contribution in [-0.4, -0.2) is 251 Å². The Bertz CT molecular complexity index is 3150. The van der Waals surface area contributed by atoms with Crippen molar-refractivity contribution in [2.45, 2.75) is 249 Å². The number of nitrogens with zero attached hydrogens (tertiary/aromatic N) is 9. The van der Waals surface area contributed by atoms with Crippen LogP contribution in [0.3, 0.4) is 0 Å². The fourth-order valence-electron chi connectivity index (χ4n) is 16.1. The van der Waals surface area contributed by atoms with E-state index in [9.17, 15) is 41.9 Å². The average Bonchev–Trinajstić information content (AvgIpc) is 1.75. The van der Waals surface area contributed by atoms with Gasteiger partial charge in [0.05, 0.1) is 36.6 Å². The van der Waals surface area contributed by atoms with E-state index in [0.717, 1.165) is 74.8 Å². The van der Waals surface area contributed by atoms with Crippen molar-refractivity contribution in [3.05, 3.63) is 34.3 Å². The van der Waals surface area contributed by atoms with Crippen molar-refractivity contribution in [2.24, 2.45) is 23.7 Å². The Morgan fingerprint density at radius 1 is 0.627 bits per heavy atom. The van der Waals surface area contributed by atoms with Crippen LogP contribution in [0, 0.1) is 23.7 Å². The number of alkyl halides is 3. The van der Waals surface area contributed by atoms with Gasteiger partial charge in [0.1, 0.15) is 47.8 Å². The fourth-order valence-corrected chi connectivity index (χ4v) is 16.4. The molecule has 0 radical (unpaired) electrons. The van der Waals surface area contributed by atoms with Gasteiger partial charge in [0, 0.05) is 68.5 Å². The second kappa shape index (κ2) is 37.1. The van der Waals surface area contributed by atoms with Crippen LogP contribution in [0.5, 0.6) is 0 Å². The molecule has 0 bridgehead atoms. The predicted molar refractivity (Wildman–Crippen MR) is 378 cm³/mol. The summed E-state index contributed by atoms with van der Waals surface area (Å²) in [5.74, 6) is -8.60. The molecule has 8 atom stereocenters. The van der Waals surface area contributed by atoms with Crippen molar-refractivity contribution in [1.82, 2.24) is 60.0 Å². The van der Waals surface area contributed by atoms with Gasteiger partial charge >= 0.3 is 6.18 Å². The van der Waals surface area contributed by atoms with E-state index < -0.39 is 173 Å². The second-order valence-corrected chi connectivity index (χ2v) is 30.7. The number of carbonyl (C=O) groups is 12. The number of amides is 12. The number of halogens is 4. The van der Waals surface area contributed by atoms with Crippen LogP contribution < -0.4 is 16.0 Å². The van der Waals surface area contributed by atoms with Crippen LogP contribution >= 0.6 is 11.6 Å². The molecule has 570 valence electrons. The van der Waals surface area contributed by atoms with Gasteiger partial charge in [-0.3, -0.25) is 57.5 Å². The molecule has 6 fully saturated rings. The monoisotopic (exact) mass is 1450 g/mol. The molecule has 3 saturated carbocycles. The molecule has 3 aliphatic carbocycles. The summed E-state index contributed by atoms with van der Waals surface area (Å²) in [6.07, 6.45) is 7.14. The lowest BCUT2D eigenvalue weighted by Crippen LogP contribution is -2.65. The van der Waals surface area contributed by atoms with Gasteiger partial charge in [-0.15, -0.1) is 0 Å². The zero-order chi connectivity index (χ0) is 75.1. The quantitative estimate of drug-likeness (QED) is 0.195. The number of benzene rings is 1. The first-order chi connectivity index (χ1) is 48.2. The van der Waals surface area contributed by atoms with E-state index in [-0.39, 0.29) is 69.9 Å². The summed E-state index contributed by atoms with van der Waals surface area (Å²) in [6, 6.07) is -5.51. The minimum absolute atomic E-state index is 0.0194. The number of carbonyl (C=O) groups excluding carboxylic acids is 12. The Balaban J connectivity index is 1.30. The summed E-state index contributed by atoms with van der Waals surface area (Å²) < 4.78 is 41.7. The summed E-state index contributed by atoms with van der Waals surface area (Å²) in [4.78, 5) is 192. The normalized spacial score (nSPS) is 26.6. The minimum Gasteiger partial charge on any atom is -0.343 e. The number of rotatable bonds is 12. The maximum absolute atomic E-state index is 15.8. The number of nitrogens with one attached hydrogen (secondary N) is 3. The third kappa shape index (κ3) is 20.7. The molecular weight excluding hydrogens is 1340 g/mol. The Morgan fingerprint density at radius 3 is 1.83 bits per heavy atom. The molecule has 1 aromatic rings. The Kier molecular flexibility index (Phi) is 29.9. The highest BCUT2D eigenvalue weighted by atomic mass is 35.5. The number of likely N-dealkylation sites (N-methyl/N-ethyl adjacent to an activating group) is 7. The molecule has 28 heteroatoms. The van der Waals surface area contributed by atoms with Gasteiger partial charge in [-0.2, -0.15) is 13.2 Å². The Labute approximate surface area is 605 Å². The number of hydrogen-bond acceptors (Lipinski definition) is 12. The topological polar surface area (TPSA) is 270 Å². The number of aryl methyl sites for hydroxylation is 1. The van der Waals surface area contributed by atoms with Crippen LogP contribution in [0.25, 0.3) is 0 Å². The summed E-state index contributed by atoms with van der Waals surface area (Å²) in [5, 5.41) is 8.23. The fraction of sp³-hybridized carbons (Fsp3) is 0.757. The highest BCUT2D eigenvalue weighted by Gasteiger charge is 2.52. The highest BCUT2D eigenvalue weighted by Crippen LogP contribution is 2.39. The summed E-state index contributed by atoms with van der Waals surface area (Å²) >= 11 is 6.17. The van der Waals surface area contributed by atoms with Crippen molar-refractivity contribution in [2.75, 3.05) is 88.1 Å². The molecule has 3 heterocycles. The maximum atomic E-state index is 15.8. The minimum atomic E-state index is -4.76. The van der Waals surface area contributed by atoms with E-state index >= 15 is 28.8 Å². The third-order valence-corrected chi connectivity index (χ3v) is 22.9. The molecule has 24 nitrogen and oxygen atoms in total. The van der Waals surface area contributed by atoms with Crippen molar-refractivity contribution >= 4 is 82.5 Å². The largest absolute Gasteiger partial charge is 0.417 e. The van der Waals surface area contributed by atoms with Crippen LogP contribution in [0.4, 0.5) is 13.2 Å². The van der Waals surface area contributed by atoms with Crippen LogP contribution in [-0.2, 0) is 70.1 Å².